The molecule has 0 aliphatic carbocycles. The number of benzene rings is 3. The Bertz CT molecular complexity index is 1350. The van der Waals surface area contributed by atoms with E-state index in [9.17, 15) is 4.79 Å². The third kappa shape index (κ3) is 4.70. The second-order valence-electron chi connectivity index (χ2n) is 9.60. The molecule has 1 aliphatic rings. The van der Waals surface area contributed by atoms with Crippen LogP contribution in [-0.2, 0) is 11.3 Å². The second-order valence-corrected chi connectivity index (χ2v) is 9.60. The molecule has 2 heterocycles. The molecule has 186 valence electrons. The summed E-state index contributed by atoms with van der Waals surface area (Å²) in [6.07, 6.45) is 2.72. The third-order valence-corrected chi connectivity index (χ3v) is 7.42. The lowest BCUT2D eigenvalue weighted by molar-refractivity contribution is -0.131. The number of aryl methyl sites for hydroxylation is 2. The molecular weight excluding hydrogens is 446 g/mol. The van der Waals surface area contributed by atoms with Crippen LogP contribution in [-0.4, -0.2) is 48.7 Å². The number of amides is 1. The van der Waals surface area contributed by atoms with Gasteiger partial charge in [0.2, 0.25) is 5.91 Å². The van der Waals surface area contributed by atoms with Gasteiger partial charge in [-0.3, -0.25) is 4.79 Å². The maximum atomic E-state index is 13.7. The summed E-state index contributed by atoms with van der Waals surface area (Å²) in [6, 6.07) is 25.3. The minimum Gasteiger partial charge on any atom is -0.495 e. The number of para-hydroxylation sites is 3. The number of anilines is 1. The molecule has 5 rings (SSSR count). The Morgan fingerprint density at radius 1 is 0.944 bits per heavy atom. The number of nitrogens with zero attached hydrogens (tertiary/aromatic N) is 3. The van der Waals surface area contributed by atoms with E-state index in [1.165, 1.54) is 27.6 Å². The van der Waals surface area contributed by atoms with Crippen LogP contribution in [0.3, 0.4) is 0 Å². The fraction of sp³-hybridized carbons (Fsp3) is 0.323. The van der Waals surface area contributed by atoms with Crippen LogP contribution in [0, 0.1) is 6.92 Å². The number of rotatable bonds is 7. The van der Waals surface area contributed by atoms with Crippen molar-refractivity contribution in [2.75, 3.05) is 38.2 Å². The SMILES string of the molecule is CCn1cc([C@@H](CC(=O)N2CCN(c3ccccc3OC)CC2)c2cccc(C)c2)c2ccccc21. The Hall–Kier alpha value is -3.73. The zero-order valence-electron chi connectivity index (χ0n) is 21.5. The summed E-state index contributed by atoms with van der Waals surface area (Å²) >= 11 is 0. The normalized spacial score (nSPS) is 14.8. The summed E-state index contributed by atoms with van der Waals surface area (Å²) in [5.41, 5.74) is 5.98. The van der Waals surface area contributed by atoms with Crippen molar-refractivity contribution in [1.29, 1.82) is 0 Å². The van der Waals surface area contributed by atoms with E-state index in [0.29, 0.717) is 19.5 Å². The molecule has 0 N–H and O–H groups in total. The van der Waals surface area contributed by atoms with Crippen LogP contribution < -0.4 is 9.64 Å². The van der Waals surface area contributed by atoms with Crippen molar-refractivity contribution in [2.45, 2.75) is 32.7 Å². The maximum absolute atomic E-state index is 13.7. The zero-order chi connectivity index (χ0) is 25.1. The molecule has 1 atom stereocenters. The molecule has 5 heteroatoms. The maximum Gasteiger partial charge on any atom is 0.223 e. The van der Waals surface area contributed by atoms with Gasteiger partial charge in [0.05, 0.1) is 12.8 Å². The van der Waals surface area contributed by atoms with Crippen molar-refractivity contribution >= 4 is 22.5 Å². The molecule has 1 amide bonds. The first-order valence-corrected chi connectivity index (χ1v) is 12.9. The predicted octanol–water partition coefficient (Wildman–Crippen LogP) is 5.85. The van der Waals surface area contributed by atoms with Gasteiger partial charge in [0.1, 0.15) is 5.75 Å². The van der Waals surface area contributed by atoms with Gasteiger partial charge in [-0.1, -0.05) is 60.2 Å². The molecule has 0 radical (unpaired) electrons. The summed E-state index contributed by atoms with van der Waals surface area (Å²) in [4.78, 5) is 18.0. The Balaban J connectivity index is 1.39. The molecule has 36 heavy (non-hydrogen) atoms. The zero-order valence-corrected chi connectivity index (χ0v) is 21.5. The summed E-state index contributed by atoms with van der Waals surface area (Å²) in [6.45, 7) is 8.23. The average Bonchev–Trinajstić information content (AvgIpc) is 3.30. The Kier molecular flexibility index (Phi) is 6.99. The molecule has 5 nitrogen and oxygen atoms in total. The summed E-state index contributed by atoms with van der Waals surface area (Å²) < 4.78 is 7.85. The number of hydrogen-bond donors (Lipinski definition) is 0. The molecule has 0 spiro atoms. The molecule has 1 saturated heterocycles. The molecule has 0 saturated carbocycles. The molecule has 1 aromatic heterocycles. The van der Waals surface area contributed by atoms with E-state index < -0.39 is 0 Å². The van der Waals surface area contributed by atoms with Crippen LogP contribution in [0.4, 0.5) is 5.69 Å². The van der Waals surface area contributed by atoms with Gasteiger partial charge < -0.3 is 19.1 Å². The largest absolute Gasteiger partial charge is 0.495 e. The summed E-state index contributed by atoms with van der Waals surface area (Å²) in [5.74, 6) is 1.11. The van der Waals surface area contributed by atoms with E-state index in [1.807, 2.05) is 23.1 Å². The first kappa shape index (κ1) is 24.0. The van der Waals surface area contributed by atoms with Crippen LogP contribution in [0.1, 0.15) is 36.0 Å². The molecule has 0 unspecified atom stereocenters. The average molecular weight is 482 g/mol. The summed E-state index contributed by atoms with van der Waals surface area (Å²) in [5, 5.41) is 1.24. The fourth-order valence-electron chi connectivity index (χ4n) is 5.50. The first-order valence-electron chi connectivity index (χ1n) is 12.9. The lowest BCUT2D eigenvalue weighted by Crippen LogP contribution is -2.49. The van der Waals surface area contributed by atoms with Crippen molar-refractivity contribution in [1.82, 2.24) is 9.47 Å². The van der Waals surface area contributed by atoms with Crippen molar-refractivity contribution in [3.05, 3.63) is 95.7 Å². The number of carbonyl (C=O) groups is 1. The predicted molar refractivity (Wildman–Crippen MR) is 147 cm³/mol. The van der Waals surface area contributed by atoms with Gasteiger partial charge >= 0.3 is 0 Å². The number of ether oxygens (including phenoxy) is 1. The topological polar surface area (TPSA) is 37.7 Å². The lowest BCUT2D eigenvalue weighted by atomic mass is 9.87. The highest BCUT2D eigenvalue weighted by Crippen LogP contribution is 2.36. The monoisotopic (exact) mass is 481 g/mol. The minimum absolute atomic E-state index is 0.0161. The number of piperazine rings is 1. The van der Waals surface area contributed by atoms with E-state index in [0.717, 1.165) is 31.1 Å². The quantitative estimate of drug-likeness (QED) is 0.332. The first-order chi connectivity index (χ1) is 17.6. The van der Waals surface area contributed by atoms with E-state index in [2.05, 4.69) is 84.1 Å². The number of fused-ring (bicyclic) bond motifs is 1. The van der Waals surface area contributed by atoms with E-state index >= 15 is 0 Å². The highest BCUT2D eigenvalue weighted by Gasteiger charge is 2.28. The second kappa shape index (κ2) is 10.5. The highest BCUT2D eigenvalue weighted by atomic mass is 16.5. The number of hydrogen-bond acceptors (Lipinski definition) is 3. The van der Waals surface area contributed by atoms with E-state index in [4.69, 9.17) is 4.74 Å². The molecule has 1 aliphatic heterocycles. The van der Waals surface area contributed by atoms with Gasteiger partial charge in [0.15, 0.2) is 0 Å². The Morgan fingerprint density at radius 2 is 1.69 bits per heavy atom. The van der Waals surface area contributed by atoms with Gasteiger partial charge in [-0.2, -0.15) is 0 Å². The number of aromatic nitrogens is 1. The van der Waals surface area contributed by atoms with Crippen LogP contribution >= 0.6 is 0 Å². The smallest absolute Gasteiger partial charge is 0.223 e. The van der Waals surface area contributed by atoms with Gasteiger partial charge in [-0.05, 0) is 43.2 Å². The molecule has 1 fully saturated rings. The minimum atomic E-state index is 0.0161. The lowest BCUT2D eigenvalue weighted by Gasteiger charge is -2.37. The van der Waals surface area contributed by atoms with Crippen LogP contribution in [0.2, 0.25) is 0 Å². The van der Waals surface area contributed by atoms with Crippen LogP contribution in [0.5, 0.6) is 5.75 Å². The van der Waals surface area contributed by atoms with Gasteiger partial charge in [-0.15, -0.1) is 0 Å². The Morgan fingerprint density at radius 3 is 2.44 bits per heavy atom. The molecule has 4 aromatic rings. The van der Waals surface area contributed by atoms with E-state index in [1.54, 1.807) is 7.11 Å². The highest BCUT2D eigenvalue weighted by molar-refractivity contribution is 5.87. The molecular formula is C31H35N3O2. The van der Waals surface area contributed by atoms with Crippen molar-refractivity contribution in [2.24, 2.45) is 0 Å². The van der Waals surface area contributed by atoms with E-state index in [-0.39, 0.29) is 11.8 Å². The van der Waals surface area contributed by atoms with Crippen molar-refractivity contribution < 1.29 is 9.53 Å². The number of methoxy groups -OCH3 is 1. The molecule has 3 aromatic carbocycles. The standard InChI is InChI=1S/C31H35N3O2/c1-4-32-22-27(25-12-5-6-13-28(25)32)26(24-11-9-10-23(2)20-24)21-31(35)34-18-16-33(17-19-34)29-14-7-8-15-30(29)36-3/h5-15,20,22,26H,4,16-19,21H2,1-3H3/t26-/m0/s1. The summed E-state index contributed by atoms with van der Waals surface area (Å²) in [7, 11) is 1.71. The van der Waals surface area contributed by atoms with Gasteiger partial charge in [0, 0.05) is 62.2 Å². The molecule has 0 bridgehead atoms. The van der Waals surface area contributed by atoms with Crippen LogP contribution in [0.25, 0.3) is 10.9 Å². The third-order valence-electron chi connectivity index (χ3n) is 7.42. The van der Waals surface area contributed by atoms with Crippen molar-refractivity contribution in [3.63, 3.8) is 0 Å². The number of carbonyl (C=O) groups excluding carboxylic acids is 1. The fourth-order valence-corrected chi connectivity index (χ4v) is 5.50. The van der Waals surface area contributed by atoms with Crippen LogP contribution in [0.15, 0.2) is 79.0 Å². The van der Waals surface area contributed by atoms with Crippen molar-refractivity contribution in [3.8, 4) is 5.75 Å². The van der Waals surface area contributed by atoms with Gasteiger partial charge in [-0.25, -0.2) is 0 Å². The Labute approximate surface area is 213 Å². The van der Waals surface area contributed by atoms with Gasteiger partial charge in [0.25, 0.3) is 0 Å².